The predicted molar refractivity (Wildman–Crippen MR) is 51.0 cm³/mol. The van der Waals surface area contributed by atoms with E-state index in [1.54, 1.807) is 7.17 Å². The first-order chi connectivity index (χ1) is 5.74. The van der Waals surface area contributed by atoms with Gasteiger partial charge in [-0.15, -0.1) is 0 Å². The molecule has 0 aromatic carbocycles. The number of hydrogen-bond donors (Lipinski definition) is 1. The normalized spacial score (nSPS) is 29.7. The smallest absolute Gasteiger partial charge is 0.220 e. The lowest BCUT2D eigenvalue weighted by Crippen LogP contribution is -2.27. The average molecular weight is 162 g/mol. The Bertz CT molecular complexity index is 155. The van der Waals surface area contributed by atoms with Gasteiger partial charge in [-0.25, -0.2) is 0 Å². The third-order valence-corrected chi connectivity index (χ3v) is 2.72. The van der Waals surface area contributed by atoms with Crippen LogP contribution >= 0.6 is 0 Å². The van der Waals surface area contributed by atoms with Gasteiger partial charge in [0, 0.05) is 13.7 Å². The molecule has 12 heavy (non-hydrogen) atoms. The lowest BCUT2D eigenvalue weighted by molar-refractivity contribution is -0.122. The first kappa shape index (κ1) is 9.69. The second kappa shape index (κ2) is 4.58. The molecule has 0 aliphatic heterocycles. The summed E-state index contributed by atoms with van der Waals surface area (Å²) in [6.45, 7) is 0. The summed E-state index contributed by atoms with van der Waals surface area (Å²) < 4.78 is 0. The zero-order valence-corrected chi connectivity index (χ0v) is 7.33. The minimum Gasteiger partial charge on any atom is -0.369 e. The first-order valence-electron chi connectivity index (χ1n) is 4.56. The number of rotatable bonds is 3. The van der Waals surface area contributed by atoms with Gasteiger partial charge in [0.15, 0.2) is 0 Å². The fraction of sp³-hybridized carbons (Fsp3) is 0.875. The Balaban J connectivity index is 2.25. The number of carbonyl (C=O) groups is 1. The highest BCUT2D eigenvalue weighted by molar-refractivity contribution is 6.89. The SMILES string of the molecule is [B][B]CC1CCC(C(N)=O)CC1. The van der Waals surface area contributed by atoms with Crippen LogP contribution in [0.1, 0.15) is 25.7 Å². The molecule has 1 fully saturated rings. The molecule has 1 saturated carbocycles. The summed E-state index contributed by atoms with van der Waals surface area (Å²) in [5, 5.41) is 0. The van der Waals surface area contributed by atoms with Crippen molar-refractivity contribution >= 4 is 20.8 Å². The van der Waals surface area contributed by atoms with Crippen molar-refractivity contribution in [2.45, 2.75) is 32.0 Å². The van der Waals surface area contributed by atoms with Crippen LogP contribution in [-0.4, -0.2) is 20.8 Å². The second-order valence-electron chi connectivity index (χ2n) is 3.59. The van der Waals surface area contributed by atoms with E-state index in [0.717, 1.165) is 32.0 Å². The molecular formula is C8H14B2NO. The molecule has 2 N–H and O–H groups in total. The fourth-order valence-corrected chi connectivity index (χ4v) is 1.88. The van der Waals surface area contributed by atoms with E-state index in [4.69, 9.17) is 13.5 Å². The standard InChI is InChI=1S/C8H14B2NO/c9-10-5-6-1-3-7(4-2-6)8(11)12/h6-7H,1-5H2,(H2,11,12). The van der Waals surface area contributed by atoms with Gasteiger partial charge >= 0.3 is 0 Å². The lowest BCUT2D eigenvalue weighted by atomic mass is 9.50. The van der Waals surface area contributed by atoms with Crippen molar-refractivity contribution in [3.8, 4) is 0 Å². The van der Waals surface area contributed by atoms with E-state index in [1.165, 1.54) is 0 Å². The van der Waals surface area contributed by atoms with E-state index >= 15 is 0 Å². The van der Waals surface area contributed by atoms with Gasteiger partial charge in [0.05, 0.1) is 7.17 Å². The van der Waals surface area contributed by atoms with Crippen molar-refractivity contribution in [3.05, 3.63) is 0 Å². The molecule has 3 radical (unpaired) electrons. The lowest BCUT2D eigenvalue weighted by Gasteiger charge is -2.26. The van der Waals surface area contributed by atoms with Gasteiger partial charge in [-0.05, 0) is 18.8 Å². The third-order valence-electron chi connectivity index (χ3n) is 2.72. The summed E-state index contributed by atoms with van der Waals surface area (Å²) >= 11 is 0. The van der Waals surface area contributed by atoms with E-state index in [9.17, 15) is 4.79 Å². The minimum absolute atomic E-state index is 0.124. The Morgan fingerprint density at radius 2 is 2.00 bits per heavy atom. The first-order valence-corrected chi connectivity index (χ1v) is 4.56. The molecule has 0 aromatic heterocycles. The highest BCUT2D eigenvalue weighted by atomic mass is 16.1. The third kappa shape index (κ3) is 2.58. The van der Waals surface area contributed by atoms with Gasteiger partial charge < -0.3 is 5.73 Å². The van der Waals surface area contributed by atoms with Crippen molar-refractivity contribution in [1.82, 2.24) is 0 Å². The fourth-order valence-electron chi connectivity index (χ4n) is 1.88. The predicted octanol–water partition coefficient (Wildman–Crippen LogP) is 0.484. The molecule has 0 aromatic rings. The molecule has 2 nitrogen and oxygen atoms in total. The summed E-state index contributed by atoms with van der Waals surface area (Å²) in [5.41, 5.74) is 5.22. The Hall–Kier alpha value is -0.400. The van der Waals surface area contributed by atoms with Gasteiger partial charge in [0.1, 0.15) is 0 Å². The van der Waals surface area contributed by atoms with Crippen LogP contribution < -0.4 is 5.73 Å². The number of carbonyl (C=O) groups excluding carboxylic acids is 1. The molecule has 4 heteroatoms. The number of amides is 1. The van der Waals surface area contributed by atoms with Gasteiger partial charge in [0.2, 0.25) is 5.91 Å². The zero-order chi connectivity index (χ0) is 8.97. The average Bonchev–Trinajstić information content (AvgIpc) is 2.06. The van der Waals surface area contributed by atoms with Gasteiger partial charge in [-0.2, -0.15) is 0 Å². The van der Waals surface area contributed by atoms with E-state index in [0.29, 0.717) is 5.92 Å². The monoisotopic (exact) mass is 162 g/mol. The number of nitrogens with two attached hydrogens (primary N) is 1. The van der Waals surface area contributed by atoms with E-state index in [2.05, 4.69) is 0 Å². The van der Waals surface area contributed by atoms with Crippen LogP contribution in [0.2, 0.25) is 6.32 Å². The van der Waals surface area contributed by atoms with E-state index < -0.39 is 0 Å². The topological polar surface area (TPSA) is 43.1 Å². The number of hydrogen-bond acceptors (Lipinski definition) is 1. The Kier molecular flexibility index (Phi) is 3.70. The van der Waals surface area contributed by atoms with E-state index in [-0.39, 0.29) is 11.8 Å². The van der Waals surface area contributed by atoms with Crippen molar-refractivity contribution in [2.75, 3.05) is 0 Å². The summed E-state index contributed by atoms with van der Waals surface area (Å²) in [4.78, 5) is 10.8. The molecule has 0 saturated heterocycles. The van der Waals surface area contributed by atoms with Crippen LogP contribution in [0.25, 0.3) is 0 Å². The van der Waals surface area contributed by atoms with E-state index in [1.807, 2.05) is 0 Å². The minimum atomic E-state index is -0.134. The molecular weight excluding hydrogens is 148 g/mol. The molecule has 1 rings (SSSR count). The maximum Gasteiger partial charge on any atom is 0.220 e. The van der Waals surface area contributed by atoms with Crippen LogP contribution in [0.5, 0.6) is 0 Å². The Morgan fingerprint density at radius 1 is 1.42 bits per heavy atom. The zero-order valence-electron chi connectivity index (χ0n) is 7.33. The molecule has 1 aliphatic rings. The summed E-state index contributed by atoms with van der Waals surface area (Å²) in [7, 11) is 7.05. The Labute approximate surface area is 75.9 Å². The molecule has 0 heterocycles. The Morgan fingerprint density at radius 3 is 2.42 bits per heavy atom. The van der Waals surface area contributed by atoms with Crippen molar-refractivity contribution in [1.29, 1.82) is 0 Å². The highest BCUT2D eigenvalue weighted by Gasteiger charge is 2.23. The molecule has 63 valence electrons. The van der Waals surface area contributed by atoms with Gasteiger partial charge in [-0.1, -0.05) is 19.2 Å². The van der Waals surface area contributed by atoms with Crippen molar-refractivity contribution < 1.29 is 4.79 Å². The quantitative estimate of drug-likeness (QED) is 0.602. The van der Waals surface area contributed by atoms with Crippen LogP contribution in [0.3, 0.4) is 0 Å². The highest BCUT2D eigenvalue weighted by Crippen LogP contribution is 2.30. The van der Waals surface area contributed by atoms with Crippen molar-refractivity contribution in [3.63, 3.8) is 0 Å². The van der Waals surface area contributed by atoms with Gasteiger partial charge in [0.25, 0.3) is 0 Å². The van der Waals surface area contributed by atoms with Crippen LogP contribution in [0.15, 0.2) is 0 Å². The summed E-state index contributed by atoms with van der Waals surface area (Å²) in [6.07, 6.45) is 5.08. The second-order valence-corrected chi connectivity index (χ2v) is 3.59. The molecule has 0 atom stereocenters. The van der Waals surface area contributed by atoms with Gasteiger partial charge in [-0.3, -0.25) is 4.79 Å². The summed E-state index contributed by atoms with van der Waals surface area (Å²) in [5.74, 6) is 0.676. The maximum absolute atomic E-state index is 10.8. The summed E-state index contributed by atoms with van der Waals surface area (Å²) in [6, 6.07) is 0. The molecule has 0 spiro atoms. The van der Waals surface area contributed by atoms with Crippen LogP contribution in [0, 0.1) is 11.8 Å². The van der Waals surface area contributed by atoms with Crippen LogP contribution in [0.4, 0.5) is 0 Å². The number of primary amides is 1. The maximum atomic E-state index is 10.8. The van der Waals surface area contributed by atoms with Crippen molar-refractivity contribution in [2.24, 2.45) is 17.6 Å². The molecule has 1 amide bonds. The molecule has 1 aliphatic carbocycles. The van der Waals surface area contributed by atoms with Crippen LogP contribution in [-0.2, 0) is 4.79 Å². The molecule has 0 bridgehead atoms. The molecule has 0 unspecified atom stereocenters. The largest absolute Gasteiger partial charge is 0.369 e.